The Morgan fingerprint density at radius 2 is 2.00 bits per heavy atom. The smallest absolute Gasteiger partial charge is 0.242 e. The maximum Gasteiger partial charge on any atom is 0.242 e. The number of piperazine rings is 1. The molecule has 1 aliphatic heterocycles. The molecule has 16 heavy (non-hydrogen) atoms. The second kappa shape index (κ2) is 4.56. The lowest BCUT2D eigenvalue weighted by Gasteiger charge is -2.35. The fourth-order valence-electron chi connectivity index (χ4n) is 2.17. The normalized spacial score (nSPS) is 16.8. The van der Waals surface area contributed by atoms with Gasteiger partial charge in [-0.15, -0.1) is 0 Å². The number of anilines is 1. The fraction of sp³-hybridized carbons (Fsp3) is 0.462. The lowest BCUT2D eigenvalue weighted by molar-refractivity contribution is -0.130. The number of carbonyl (C=O) groups excluding carboxylic acids is 1. The lowest BCUT2D eigenvalue weighted by Crippen LogP contribution is -2.50. The molecule has 0 N–H and O–H groups in total. The summed E-state index contributed by atoms with van der Waals surface area (Å²) in [5, 5.41) is 0. The van der Waals surface area contributed by atoms with E-state index in [1.807, 2.05) is 24.0 Å². The van der Waals surface area contributed by atoms with Crippen molar-refractivity contribution in [1.29, 1.82) is 0 Å². The predicted octanol–water partition coefficient (Wildman–Crippen LogP) is 1.66. The minimum atomic E-state index is 0.233. The number of nitrogens with zero attached hydrogens (tertiary/aromatic N) is 2. The Morgan fingerprint density at radius 1 is 1.25 bits per heavy atom. The average Bonchev–Trinajstić information content (AvgIpc) is 2.29. The molecule has 2 rings (SSSR count). The molecule has 0 bridgehead atoms. The first-order chi connectivity index (χ1) is 7.72. The fourth-order valence-corrected chi connectivity index (χ4v) is 2.17. The van der Waals surface area contributed by atoms with Gasteiger partial charge in [-0.05, 0) is 25.5 Å². The molecular formula is C13H18N2O. The van der Waals surface area contributed by atoms with E-state index in [0.717, 1.165) is 19.6 Å². The molecule has 1 aromatic carbocycles. The summed E-state index contributed by atoms with van der Waals surface area (Å²) in [7, 11) is 0. The standard InChI is InChI=1S/C13H18N2O/c1-3-14-8-9-15(10-13(14)16)12-7-5-4-6-11(12)2/h4-7H,3,8-10H2,1-2H3. The highest BCUT2D eigenvalue weighted by Crippen LogP contribution is 2.20. The van der Waals surface area contributed by atoms with Crippen LogP contribution in [0.4, 0.5) is 5.69 Å². The molecule has 1 amide bonds. The van der Waals surface area contributed by atoms with Crippen molar-refractivity contribution in [1.82, 2.24) is 4.90 Å². The van der Waals surface area contributed by atoms with Crippen molar-refractivity contribution in [3.05, 3.63) is 29.8 Å². The number of benzene rings is 1. The molecule has 3 nitrogen and oxygen atoms in total. The van der Waals surface area contributed by atoms with Crippen LogP contribution < -0.4 is 4.90 Å². The van der Waals surface area contributed by atoms with Gasteiger partial charge in [-0.2, -0.15) is 0 Å². The van der Waals surface area contributed by atoms with E-state index in [2.05, 4.69) is 24.0 Å². The highest BCUT2D eigenvalue weighted by atomic mass is 16.2. The van der Waals surface area contributed by atoms with Crippen molar-refractivity contribution in [2.24, 2.45) is 0 Å². The summed E-state index contributed by atoms with van der Waals surface area (Å²) < 4.78 is 0. The molecule has 1 fully saturated rings. The third kappa shape index (κ3) is 2.03. The summed E-state index contributed by atoms with van der Waals surface area (Å²) in [5.41, 5.74) is 2.42. The largest absolute Gasteiger partial charge is 0.360 e. The molecule has 1 heterocycles. The summed E-state index contributed by atoms with van der Waals surface area (Å²) >= 11 is 0. The van der Waals surface area contributed by atoms with Gasteiger partial charge in [-0.1, -0.05) is 18.2 Å². The Morgan fingerprint density at radius 3 is 2.62 bits per heavy atom. The minimum Gasteiger partial charge on any atom is -0.360 e. The molecule has 0 spiro atoms. The number of hydrogen-bond acceptors (Lipinski definition) is 2. The Labute approximate surface area is 96.7 Å². The highest BCUT2D eigenvalue weighted by Gasteiger charge is 2.23. The average molecular weight is 218 g/mol. The van der Waals surface area contributed by atoms with Crippen LogP contribution in [0, 0.1) is 6.92 Å². The third-order valence-corrected chi connectivity index (χ3v) is 3.16. The topological polar surface area (TPSA) is 23.6 Å². The van der Waals surface area contributed by atoms with E-state index in [-0.39, 0.29) is 5.91 Å². The van der Waals surface area contributed by atoms with Crippen LogP contribution in [0.3, 0.4) is 0 Å². The van der Waals surface area contributed by atoms with Crippen LogP contribution in [0.1, 0.15) is 12.5 Å². The zero-order chi connectivity index (χ0) is 11.5. The number of para-hydroxylation sites is 1. The second-order valence-electron chi connectivity index (χ2n) is 4.18. The number of amides is 1. The number of likely N-dealkylation sites (N-methyl/N-ethyl adjacent to an activating group) is 1. The van der Waals surface area contributed by atoms with Gasteiger partial charge in [0.2, 0.25) is 5.91 Å². The molecular weight excluding hydrogens is 200 g/mol. The third-order valence-electron chi connectivity index (χ3n) is 3.16. The first-order valence-corrected chi connectivity index (χ1v) is 5.80. The van der Waals surface area contributed by atoms with E-state index in [9.17, 15) is 4.79 Å². The molecule has 86 valence electrons. The van der Waals surface area contributed by atoms with Crippen LogP contribution >= 0.6 is 0 Å². The first-order valence-electron chi connectivity index (χ1n) is 5.80. The Balaban J connectivity index is 2.14. The molecule has 0 aliphatic carbocycles. The first kappa shape index (κ1) is 11.0. The van der Waals surface area contributed by atoms with Crippen molar-refractivity contribution in [3.63, 3.8) is 0 Å². The van der Waals surface area contributed by atoms with E-state index < -0.39 is 0 Å². The lowest BCUT2D eigenvalue weighted by atomic mass is 10.1. The quantitative estimate of drug-likeness (QED) is 0.753. The second-order valence-corrected chi connectivity index (χ2v) is 4.18. The van der Waals surface area contributed by atoms with E-state index in [1.165, 1.54) is 11.3 Å². The molecule has 1 saturated heterocycles. The van der Waals surface area contributed by atoms with Crippen molar-refractivity contribution in [3.8, 4) is 0 Å². The summed E-state index contributed by atoms with van der Waals surface area (Å²) in [5.74, 6) is 0.233. The number of carbonyl (C=O) groups is 1. The zero-order valence-electron chi connectivity index (χ0n) is 9.94. The monoisotopic (exact) mass is 218 g/mol. The van der Waals surface area contributed by atoms with Crippen LogP contribution in [-0.2, 0) is 4.79 Å². The predicted molar refractivity (Wildman–Crippen MR) is 65.6 cm³/mol. The van der Waals surface area contributed by atoms with Gasteiger partial charge in [0.25, 0.3) is 0 Å². The van der Waals surface area contributed by atoms with Crippen molar-refractivity contribution in [2.75, 3.05) is 31.1 Å². The molecule has 0 radical (unpaired) electrons. The van der Waals surface area contributed by atoms with E-state index in [1.54, 1.807) is 0 Å². The van der Waals surface area contributed by atoms with Crippen molar-refractivity contribution < 1.29 is 4.79 Å². The van der Waals surface area contributed by atoms with Crippen molar-refractivity contribution >= 4 is 11.6 Å². The molecule has 0 unspecified atom stereocenters. The Kier molecular flexibility index (Phi) is 3.13. The van der Waals surface area contributed by atoms with E-state index in [4.69, 9.17) is 0 Å². The van der Waals surface area contributed by atoms with Gasteiger partial charge in [0.05, 0.1) is 6.54 Å². The summed E-state index contributed by atoms with van der Waals surface area (Å²) in [6.45, 7) is 7.22. The minimum absolute atomic E-state index is 0.233. The summed E-state index contributed by atoms with van der Waals surface area (Å²) in [6, 6.07) is 8.23. The van der Waals surface area contributed by atoms with E-state index in [0.29, 0.717) is 6.54 Å². The van der Waals surface area contributed by atoms with Crippen LogP contribution in [-0.4, -0.2) is 37.0 Å². The number of hydrogen-bond donors (Lipinski definition) is 0. The Hall–Kier alpha value is -1.51. The van der Waals surface area contributed by atoms with Gasteiger partial charge in [0.15, 0.2) is 0 Å². The number of rotatable bonds is 2. The van der Waals surface area contributed by atoms with E-state index >= 15 is 0 Å². The molecule has 3 heteroatoms. The van der Waals surface area contributed by atoms with Crippen LogP contribution in [0.25, 0.3) is 0 Å². The molecule has 0 saturated carbocycles. The summed E-state index contributed by atoms with van der Waals surface area (Å²) in [4.78, 5) is 15.9. The maximum atomic E-state index is 11.8. The van der Waals surface area contributed by atoms with Gasteiger partial charge >= 0.3 is 0 Å². The molecule has 1 aromatic rings. The van der Waals surface area contributed by atoms with Crippen LogP contribution in [0.15, 0.2) is 24.3 Å². The summed E-state index contributed by atoms with van der Waals surface area (Å²) in [6.07, 6.45) is 0. The molecule has 1 aliphatic rings. The SMILES string of the molecule is CCN1CCN(c2ccccc2C)CC1=O. The zero-order valence-corrected chi connectivity index (χ0v) is 9.94. The molecule has 0 atom stereocenters. The van der Waals surface area contributed by atoms with Gasteiger partial charge in [0, 0.05) is 25.3 Å². The van der Waals surface area contributed by atoms with Gasteiger partial charge in [-0.25, -0.2) is 0 Å². The van der Waals surface area contributed by atoms with Gasteiger partial charge in [0.1, 0.15) is 0 Å². The highest BCUT2D eigenvalue weighted by molar-refractivity contribution is 5.83. The van der Waals surface area contributed by atoms with Gasteiger partial charge < -0.3 is 9.80 Å². The number of aryl methyl sites for hydroxylation is 1. The Bertz CT molecular complexity index is 389. The van der Waals surface area contributed by atoms with Crippen LogP contribution in [0.2, 0.25) is 0 Å². The van der Waals surface area contributed by atoms with Crippen molar-refractivity contribution in [2.45, 2.75) is 13.8 Å². The maximum absolute atomic E-state index is 11.8. The van der Waals surface area contributed by atoms with Gasteiger partial charge in [-0.3, -0.25) is 4.79 Å². The van der Waals surface area contributed by atoms with Crippen LogP contribution in [0.5, 0.6) is 0 Å². The molecule has 0 aromatic heterocycles.